The highest BCUT2D eigenvalue weighted by atomic mass is 32.2. The largest absolute Gasteiger partial charge is 0.357 e. The van der Waals surface area contributed by atoms with Crippen LogP contribution in [-0.4, -0.2) is 16.6 Å². The lowest BCUT2D eigenvalue weighted by Gasteiger charge is -2.08. The Kier molecular flexibility index (Phi) is 5.42. The van der Waals surface area contributed by atoms with Gasteiger partial charge in [-0.05, 0) is 55.3 Å². The van der Waals surface area contributed by atoms with E-state index in [-0.39, 0.29) is 22.9 Å². The van der Waals surface area contributed by atoms with Crippen LogP contribution in [0.2, 0.25) is 0 Å². The zero-order valence-electron chi connectivity index (χ0n) is 14.6. The van der Waals surface area contributed by atoms with Crippen LogP contribution in [0.4, 0.5) is 10.1 Å². The van der Waals surface area contributed by atoms with Gasteiger partial charge in [0, 0.05) is 28.6 Å². The molecule has 0 aliphatic heterocycles. The summed E-state index contributed by atoms with van der Waals surface area (Å²) in [6, 6.07) is 11.1. The summed E-state index contributed by atoms with van der Waals surface area (Å²) in [6.45, 7) is 3.94. The van der Waals surface area contributed by atoms with Gasteiger partial charge in [-0.3, -0.25) is 9.59 Å². The minimum atomic E-state index is -0.344. The minimum absolute atomic E-state index is 0.0167. The molecule has 134 valence electrons. The fraction of sp³-hybridized carbons (Fsp3) is 0.200. The number of halogens is 1. The summed E-state index contributed by atoms with van der Waals surface area (Å²) < 4.78 is 12.9. The molecule has 3 aromatic rings. The van der Waals surface area contributed by atoms with Crippen LogP contribution in [0.15, 0.2) is 47.3 Å². The minimum Gasteiger partial charge on any atom is -0.357 e. The summed E-state index contributed by atoms with van der Waals surface area (Å²) in [7, 11) is 0. The van der Waals surface area contributed by atoms with E-state index in [1.54, 1.807) is 6.07 Å². The molecule has 0 unspecified atom stereocenters. The number of thioether (sulfide) groups is 1. The molecule has 0 aliphatic rings. The predicted octanol–water partition coefficient (Wildman–Crippen LogP) is 4.16. The number of aromatic nitrogens is 1. The Hall–Kier alpha value is -2.60. The first-order chi connectivity index (χ1) is 12.4. The normalized spacial score (nSPS) is 10.9. The molecule has 0 saturated heterocycles. The standard InChI is InChI=1S/C20H19FN2O2S/c1-12-7-13(2)20-17(8-12)18(24)9-16(23-20)10-26-11-19(25)22-15-5-3-14(21)4-6-15/h3-9H,10-11H2,1-2H3,(H,22,25)(H,23,24). The first-order valence-corrected chi connectivity index (χ1v) is 9.34. The average Bonchev–Trinajstić information content (AvgIpc) is 2.58. The van der Waals surface area contributed by atoms with Crippen LogP contribution in [0.5, 0.6) is 0 Å². The molecule has 0 bridgehead atoms. The number of hydrogen-bond acceptors (Lipinski definition) is 3. The molecule has 1 aromatic heterocycles. The fourth-order valence-corrected chi connectivity index (χ4v) is 3.56. The maximum atomic E-state index is 12.9. The number of benzene rings is 2. The Morgan fingerprint density at radius 1 is 1.15 bits per heavy atom. The van der Waals surface area contributed by atoms with E-state index in [0.717, 1.165) is 22.3 Å². The number of carbonyl (C=O) groups is 1. The lowest BCUT2D eigenvalue weighted by atomic mass is 10.1. The SMILES string of the molecule is Cc1cc(C)c2[nH]c(CSCC(=O)Nc3ccc(F)cc3)cc(=O)c2c1. The van der Waals surface area contributed by atoms with E-state index in [2.05, 4.69) is 10.3 Å². The summed E-state index contributed by atoms with van der Waals surface area (Å²) in [6.07, 6.45) is 0. The van der Waals surface area contributed by atoms with Crippen molar-refractivity contribution < 1.29 is 9.18 Å². The molecule has 26 heavy (non-hydrogen) atoms. The summed E-state index contributed by atoms with van der Waals surface area (Å²) in [5, 5.41) is 3.40. The molecule has 2 N–H and O–H groups in total. The quantitative estimate of drug-likeness (QED) is 0.709. The van der Waals surface area contributed by atoms with Crippen molar-refractivity contribution in [3.8, 4) is 0 Å². The number of carbonyl (C=O) groups excluding carboxylic acids is 1. The van der Waals surface area contributed by atoms with Gasteiger partial charge in [-0.2, -0.15) is 0 Å². The van der Waals surface area contributed by atoms with Crippen LogP contribution in [0.25, 0.3) is 10.9 Å². The van der Waals surface area contributed by atoms with E-state index in [9.17, 15) is 14.0 Å². The van der Waals surface area contributed by atoms with Crippen molar-refractivity contribution in [2.24, 2.45) is 0 Å². The Bertz CT molecular complexity index is 1010. The van der Waals surface area contributed by atoms with Crippen molar-refractivity contribution in [3.63, 3.8) is 0 Å². The molecular formula is C20H19FN2O2S. The second-order valence-electron chi connectivity index (χ2n) is 6.21. The molecule has 3 rings (SSSR count). The van der Waals surface area contributed by atoms with Gasteiger partial charge in [0.15, 0.2) is 5.43 Å². The van der Waals surface area contributed by atoms with E-state index in [1.165, 1.54) is 36.0 Å². The Morgan fingerprint density at radius 3 is 2.62 bits per heavy atom. The van der Waals surface area contributed by atoms with E-state index in [4.69, 9.17) is 0 Å². The van der Waals surface area contributed by atoms with Gasteiger partial charge >= 0.3 is 0 Å². The maximum Gasteiger partial charge on any atom is 0.234 e. The Morgan fingerprint density at radius 2 is 1.88 bits per heavy atom. The number of pyridine rings is 1. The van der Waals surface area contributed by atoms with Crippen LogP contribution < -0.4 is 10.7 Å². The number of aryl methyl sites for hydroxylation is 2. The van der Waals surface area contributed by atoms with Gasteiger partial charge in [0.1, 0.15) is 5.82 Å². The van der Waals surface area contributed by atoms with Crippen molar-refractivity contribution in [1.82, 2.24) is 4.98 Å². The van der Waals surface area contributed by atoms with Gasteiger partial charge in [-0.15, -0.1) is 11.8 Å². The fourth-order valence-electron chi connectivity index (χ4n) is 2.82. The summed E-state index contributed by atoms with van der Waals surface area (Å²) in [5.41, 5.74) is 4.25. The molecule has 0 aliphatic carbocycles. The van der Waals surface area contributed by atoms with E-state index in [0.29, 0.717) is 16.8 Å². The van der Waals surface area contributed by atoms with Crippen LogP contribution in [0, 0.1) is 19.7 Å². The van der Waals surface area contributed by atoms with Gasteiger partial charge in [-0.25, -0.2) is 4.39 Å². The molecule has 4 nitrogen and oxygen atoms in total. The number of H-pyrrole nitrogens is 1. The molecule has 1 amide bonds. The molecule has 6 heteroatoms. The summed E-state index contributed by atoms with van der Waals surface area (Å²) in [4.78, 5) is 27.6. The van der Waals surface area contributed by atoms with Gasteiger partial charge in [-0.1, -0.05) is 6.07 Å². The predicted molar refractivity (Wildman–Crippen MR) is 105 cm³/mol. The molecule has 2 aromatic carbocycles. The lowest BCUT2D eigenvalue weighted by molar-refractivity contribution is -0.113. The highest BCUT2D eigenvalue weighted by molar-refractivity contribution is 7.99. The highest BCUT2D eigenvalue weighted by Crippen LogP contribution is 2.18. The van der Waals surface area contributed by atoms with Gasteiger partial charge in [0.05, 0.1) is 11.3 Å². The van der Waals surface area contributed by atoms with Crippen molar-refractivity contribution in [2.75, 3.05) is 11.1 Å². The number of rotatable bonds is 5. The first-order valence-electron chi connectivity index (χ1n) is 8.19. The topological polar surface area (TPSA) is 62.0 Å². The molecule has 0 atom stereocenters. The van der Waals surface area contributed by atoms with Crippen molar-refractivity contribution >= 4 is 34.3 Å². The number of nitrogens with one attached hydrogen (secondary N) is 2. The third-order valence-corrected chi connectivity index (χ3v) is 4.94. The molecular weight excluding hydrogens is 351 g/mol. The number of amides is 1. The Labute approximate surface area is 154 Å². The van der Waals surface area contributed by atoms with Crippen molar-refractivity contribution in [2.45, 2.75) is 19.6 Å². The van der Waals surface area contributed by atoms with E-state index in [1.807, 2.05) is 26.0 Å². The summed E-state index contributed by atoms with van der Waals surface area (Å²) in [5.74, 6) is 0.249. The van der Waals surface area contributed by atoms with Gasteiger partial charge in [0.2, 0.25) is 5.91 Å². The zero-order chi connectivity index (χ0) is 18.7. The first kappa shape index (κ1) is 18.2. The van der Waals surface area contributed by atoms with Crippen LogP contribution in [-0.2, 0) is 10.5 Å². The number of fused-ring (bicyclic) bond motifs is 1. The zero-order valence-corrected chi connectivity index (χ0v) is 15.4. The molecule has 0 radical (unpaired) electrons. The van der Waals surface area contributed by atoms with Crippen LogP contribution in [0.3, 0.4) is 0 Å². The Balaban J connectivity index is 1.63. The van der Waals surface area contributed by atoms with Crippen LogP contribution in [0.1, 0.15) is 16.8 Å². The molecule has 0 fully saturated rings. The number of hydrogen-bond donors (Lipinski definition) is 2. The van der Waals surface area contributed by atoms with E-state index < -0.39 is 0 Å². The van der Waals surface area contributed by atoms with E-state index >= 15 is 0 Å². The molecule has 1 heterocycles. The maximum absolute atomic E-state index is 12.9. The van der Waals surface area contributed by atoms with Crippen molar-refractivity contribution in [1.29, 1.82) is 0 Å². The van der Waals surface area contributed by atoms with Crippen LogP contribution >= 0.6 is 11.8 Å². The van der Waals surface area contributed by atoms with Crippen molar-refractivity contribution in [3.05, 3.63) is 75.3 Å². The molecule has 0 spiro atoms. The third-order valence-electron chi connectivity index (χ3n) is 3.95. The average molecular weight is 370 g/mol. The molecule has 0 saturated carbocycles. The monoisotopic (exact) mass is 370 g/mol. The van der Waals surface area contributed by atoms with Gasteiger partial charge in [0.25, 0.3) is 0 Å². The number of anilines is 1. The lowest BCUT2D eigenvalue weighted by Crippen LogP contribution is -2.14. The smallest absolute Gasteiger partial charge is 0.234 e. The van der Waals surface area contributed by atoms with Gasteiger partial charge < -0.3 is 10.3 Å². The second kappa shape index (κ2) is 7.74. The summed E-state index contributed by atoms with van der Waals surface area (Å²) >= 11 is 1.41. The second-order valence-corrected chi connectivity index (χ2v) is 7.20. The highest BCUT2D eigenvalue weighted by Gasteiger charge is 2.08. The number of aromatic amines is 1. The third kappa shape index (κ3) is 4.32.